The third kappa shape index (κ3) is 3.95. The highest BCUT2D eigenvalue weighted by atomic mass is 35.5. The molecule has 0 saturated carbocycles. The number of halogens is 3. The lowest BCUT2D eigenvalue weighted by Crippen LogP contribution is -2.26. The van der Waals surface area contributed by atoms with Crippen LogP contribution in [-0.4, -0.2) is 22.6 Å². The van der Waals surface area contributed by atoms with E-state index in [4.69, 9.17) is 5.73 Å². The number of hydrogen-bond donors (Lipinski definition) is 2. The van der Waals surface area contributed by atoms with Gasteiger partial charge in [-0.2, -0.15) is 0 Å². The molecule has 0 radical (unpaired) electrons. The third-order valence-corrected chi connectivity index (χ3v) is 2.50. The normalized spacial score (nSPS) is 12.1. The van der Waals surface area contributed by atoms with Gasteiger partial charge in [-0.1, -0.05) is 18.3 Å². The van der Waals surface area contributed by atoms with Crippen LogP contribution in [0.3, 0.4) is 0 Å². The number of hydrogen-bond acceptors (Lipinski definition) is 5. The first-order chi connectivity index (χ1) is 7.04. The fourth-order valence-electron chi connectivity index (χ4n) is 0.709. The van der Waals surface area contributed by atoms with Crippen molar-refractivity contribution in [1.82, 2.24) is 10.2 Å². The molecule has 1 unspecified atom stereocenters. The molecule has 0 fully saturated rings. The molecule has 1 atom stereocenters. The molecule has 0 aromatic carbocycles. The largest absolute Gasteiger partial charge is 0.330 e. The van der Waals surface area contributed by atoms with E-state index in [2.05, 4.69) is 15.5 Å². The molecule has 1 heterocycles. The van der Waals surface area contributed by atoms with Crippen LogP contribution in [0.15, 0.2) is 0 Å². The summed E-state index contributed by atoms with van der Waals surface area (Å²) in [7, 11) is 0. The van der Waals surface area contributed by atoms with Crippen LogP contribution < -0.4 is 11.1 Å². The fourth-order valence-corrected chi connectivity index (χ4v) is 1.31. The monoisotopic (exact) mass is 272 g/mol. The number of aromatic nitrogens is 2. The lowest BCUT2D eigenvalue weighted by Gasteiger charge is -2.05. The van der Waals surface area contributed by atoms with Gasteiger partial charge in [-0.25, -0.2) is 8.78 Å². The number of rotatable bonds is 4. The van der Waals surface area contributed by atoms with Crippen LogP contribution in [0.5, 0.6) is 0 Å². The van der Waals surface area contributed by atoms with Crippen molar-refractivity contribution in [3.8, 4) is 0 Å². The second-order valence-electron chi connectivity index (χ2n) is 2.87. The van der Waals surface area contributed by atoms with Crippen molar-refractivity contribution in [1.29, 1.82) is 0 Å². The zero-order chi connectivity index (χ0) is 11.4. The van der Waals surface area contributed by atoms with Crippen molar-refractivity contribution in [2.45, 2.75) is 13.3 Å². The second-order valence-corrected chi connectivity index (χ2v) is 3.88. The van der Waals surface area contributed by atoms with Gasteiger partial charge in [-0.15, -0.1) is 22.6 Å². The number of anilines is 1. The van der Waals surface area contributed by atoms with Crippen molar-refractivity contribution in [2.75, 3.05) is 11.9 Å². The van der Waals surface area contributed by atoms with Crippen LogP contribution in [-0.2, 0) is 4.79 Å². The van der Waals surface area contributed by atoms with E-state index in [9.17, 15) is 13.6 Å². The van der Waals surface area contributed by atoms with Crippen LogP contribution in [0.2, 0.25) is 0 Å². The molecule has 9 heteroatoms. The first kappa shape index (κ1) is 15.1. The van der Waals surface area contributed by atoms with E-state index >= 15 is 0 Å². The minimum absolute atomic E-state index is 0. The third-order valence-electron chi connectivity index (χ3n) is 1.66. The molecule has 0 aliphatic carbocycles. The first-order valence-corrected chi connectivity index (χ1v) is 4.98. The predicted octanol–water partition coefficient (Wildman–Crippen LogP) is 1.43. The molecule has 1 aromatic heterocycles. The SMILES string of the molecule is CC(CN)C(=O)Nc1nnc(C(F)F)s1.Cl. The minimum atomic E-state index is -2.67. The molecule has 0 aliphatic heterocycles. The van der Waals surface area contributed by atoms with E-state index in [1.807, 2.05) is 0 Å². The van der Waals surface area contributed by atoms with Gasteiger partial charge in [0.1, 0.15) is 0 Å². The lowest BCUT2D eigenvalue weighted by atomic mass is 10.2. The molecule has 92 valence electrons. The number of amides is 1. The summed E-state index contributed by atoms with van der Waals surface area (Å²) in [5.41, 5.74) is 5.27. The zero-order valence-electron chi connectivity index (χ0n) is 8.31. The zero-order valence-corrected chi connectivity index (χ0v) is 9.95. The average molecular weight is 273 g/mol. The molecule has 0 spiro atoms. The van der Waals surface area contributed by atoms with Gasteiger partial charge in [-0.3, -0.25) is 4.79 Å². The number of nitrogens with one attached hydrogen (secondary N) is 1. The number of carbonyl (C=O) groups excluding carboxylic acids is 1. The maximum atomic E-state index is 12.1. The molecule has 0 aliphatic rings. The number of nitrogens with zero attached hydrogens (tertiary/aromatic N) is 2. The van der Waals surface area contributed by atoms with Crippen molar-refractivity contribution >= 4 is 34.8 Å². The Morgan fingerprint density at radius 3 is 2.62 bits per heavy atom. The van der Waals surface area contributed by atoms with Gasteiger partial charge in [-0.05, 0) is 0 Å². The Kier molecular flexibility index (Phi) is 6.31. The summed E-state index contributed by atoms with van der Waals surface area (Å²) in [5.74, 6) is -0.738. The topological polar surface area (TPSA) is 80.9 Å². The predicted molar refractivity (Wildman–Crippen MR) is 59.0 cm³/mol. The van der Waals surface area contributed by atoms with Crippen LogP contribution in [0.25, 0.3) is 0 Å². The highest BCUT2D eigenvalue weighted by molar-refractivity contribution is 7.15. The molecule has 1 rings (SSSR count). The number of nitrogens with two attached hydrogens (primary N) is 1. The van der Waals surface area contributed by atoms with Crippen LogP contribution >= 0.6 is 23.7 Å². The van der Waals surface area contributed by atoms with E-state index in [1.165, 1.54) is 0 Å². The molecule has 1 aromatic rings. The summed E-state index contributed by atoms with van der Waals surface area (Å²) in [4.78, 5) is 11.3. The van der Waals surface area contributed by atoms with E-state index in [1.54, 1.807) is 6.92 Å². The fraction of sp³-hybridized carbons (Fsp3) is 0.571. The van der Waals surface area contributed by atoms with Crippen LogP contribution in [0.4, 0.5) is 13.9 Å². The van der Waals surface area contributed by atoms with Crippen molar-refractivity contribution in [3.63, 3.8) is 0 Å². The maximum Gasteiger partial charge on any atom is 0.291 e. The lowest BCUT2D eigenvalue weighted by molar-refractivity contribution is -0.119. The summed E-state index contributed by atoms with van der Waals surface area (Å²) in [6, 6.07) is 0. The van der Waals surface area contributed by atoms with E-state index in [0.29, 0.717) is 11.3 Å². The first-order valence-electron chi connectivity index (χ1n) is 4.17. The van der Waals surface area contributed by atoms with Gasteiger partial charge in [0.05, 0.1) is 0 Å². The van der Waals surface area contributed by atoms with Crippen LogP contribution in [0, 0.1) is 5.92 Å². The second kappa shape index (κ2) is 6.66. The van der Waals surface area contributed by atoms with Gasteiger partial charge in [0.25, 0.3) is 6.43 Å². The van der Waals surface area contributed by atoms with Crippen molar-refractivity contribution in [3.05, 3.63) is 5.01 Å². The Morgan fingerprint density at radius 2 is 2.19 bits per heavy atom. The molecule has 3 N–H and O–H groups in total. The molecular weight excluding hydrogens is 262 g/mol. The van der Waals surface area contributed by atoms with Gasteiger partial charge in [0, 0.05) is 12.5 Å². The van der Waals surface area contributed by atoms with Gasteiger partial charge < -0.3 is 11.1 Å². The summed E-state index contributed by atoms with van der Waals surface area (Å²) in [6.45, 7) is 1.82. The summed E-state index contributed by atoms with van der Waals surface area (Å²) >= 11 is 0.652. The van der Waals surface area contributed by atoms with Gasteiger partial charge in [0.15, 0.2) is 5.01 Å². The maximum absolute atomic E-state index is 12.1. The highest BCUT2D eigenvalue weighted by Gasteiger charge is 2.17. The molecule has 0 saturated heterocycles. The van der Waals surface area contributed by atoms with Gasteiger partial charge in [0.2, 0.25) is 11.0 Å². The molecule has 16 heavy (non-hydrogen) atoms. The minimum Gasteiger partial charge on any atom is -0.330 e. The highest BCUT2D eigenvalue weighted by Crippen LogP contribution is 2.25. The van der Waals surface area contributed by atoms with Crippen molar-refractivity contribution < 1.29 is 13.6 Å². The molecular formula is C7H11ClF2N4OS. The number of carbonyl (C=O) groups is 1. The Hall–Kier alpha value is -0.860. The summed E-state index contributed by atoms with van der Waals surface area (Å²) in [6.07, 6.45) is -2.67. The quantitative estimate of drug-likeness (QED) is 0.869. The Morgan fingerprint density at radius 1 is 1.56 bits per heavy atom. The number of alkyl halides is 2. The Bertz CT molecular complexity index is 349. The Labute approximate surface area is 101 Å². The smallest absolute Gasteiger partial charge is 0.291 e. The molecule has 0 bridgehead atoms. The van der Waals surface area contributed by atoms with Gasteiger partial charge >= 0.3 is 0 Å². The summed E-state index contributed by atoms with van der Waals surface area (Å²) in [5, 5.41) is 8.65. The van der Waals surface area contributed by atoms with E-state index < -0.39 is 11.4 Å². The van der Waals surface area contributed by atoms with Crippen molar-refractivity contribution in [2.24, 2.45) is 11.7 Å². The molecule has 5 nitrogen and oxygen atoms in total. The van der Waals surface area contributed by atoms with E-state index in [0.717, 1.165) is 0 Å². The summed E-state index contributed by atoms with van der Waals surface area (Å²) < 4.78 is 24.2. The standard InChI is InChI=1S/C7H10F2N4OS.ClH/c1-3(2-10)5(14)11-7-13-12-6(15-7)4(8)9;/h3-4H,2,10H2,1H3,(H,11,13,14);1H. The molecule has 1 amide bonds. The van der Waals surface area contributed by atoms with E-state index in [-0.39, 0.29) is 35.9 Å². The van der Waals surface area contributed by atoms with Crippen LogP contribution in [0.1, 0.15) is 18.4 Å². The Balaban J connectivity index is 0.00000225. The average Bonchev–Trinajstić information content (AvgIpc) is 2.65.